The Hall–Kier alpha value is -0.590. The first-order valence-electron chi connectivity index (χ1n) is 12.3. The third kappa shape index (κ3) is 48.7. The van der Waals surface area contributed by atoms with E-state index in [-0.39, 0.29) is 42.0 Å². The van der Waals surface area contributed by atoms with Crippen molar-refractivity contribution < 1.29 is 61.1 Å². The Morgan fingerprint density at radius 2 is 1.06 bits per heavy atom. The fourth-order valence-corrected chi connectivity index (χ4v) is 3.18. The summed E-state index contributed by atoms with van der Waals surface area (Å²) in [6.07, 6.45) is 24.0. The van der Waals surface area contributed by atoms with Crippen LogP contribution in [0.25, 0.3) is 0 Å². The molecule has 0 aliphatic heterocycles. The Balaban J connectivity index is -0.000000196. The summed E-state index contributed by atoms with van der Waals surface area (Å²) < 4.78 is 1.10. The zero-order chi connectivity index (χ0) is 25.1. The fourth-order valence-electron chi connectivity index (χ4n) is 3.18. The molecular formula is C27H52ClN2NaO3. The standard InChI is InChI=1S/C21H44N.C3H5NO.C3H4O2.ClH.Na/c1-5-7-8-9-10-11-12-13-14-15-16-17-18-19-21-22(3,4)20-6-2;2*1-2-3(4)5;;/h6H,2,5,7-21H2,1,3-4H3;2H,1H2,(H2,4,5);2H,1H2,(H,4,5);1H;/q+1;;;;+1/p-2. The van der Waals surface area contributed by atoms with E-state index in [0.717, 1.165) is 23.2 Å². The van der Waals surface area contributed by atoms with Crippen molar-refractivity contribution in [1.29, 1.82) is 0 Å². The Morgan fingerprint density at radius 1 is 0.765 bits per heavy atom. The van der Waals surface area contributed by atoms with Crippen molar-refractivity contribution >= 4 is 11.9 Å². The molecule has 0 aromatic carbocycles. The van der Waals surface area contributed by atoms with Crippen LogP contribution in [0.4, 0.5) is 0 Å². The molecule has 0 aliphatic rings. The van der Waals surface area contributed by atoms with Crippen LogP contribution in [0.1, 0.15) is 96.8 Å². The van der Waals surface area contributed by atoms with Crippen LogP contribution in [0.3, 0.4) is 0 Å². The molecular weight excluding hydrogens is 459 g/mol. The van der Waals surface area contributed by atoms with Crippen molar-refractivity contribution in [2.45, 2.75) is 96.8 Å². The van der Waals surface area contributed by atoms with Gasteiger partial charge < -0.3 is 32.5 Å². The first-order valence-corrected chi connectivity index (χ1v) is 12.3. The molecule has 34 heavy (non-hydrogen) atoms. The molecule has 0 saturated heterocycles. The Kier molecular flexibility index (Phi) is 44.2. The number of rotatable bonds is 19. The summed E-state index contributed by atoms with van der Waals surface area (Å²) in [4.78, 5) is 18.6. The number of likely N-dealkylation sites (N-methyl/N-ethyl adjacent to an activating group) is 1. The molecule has 0 radical (unpaired) electrons. The van der Waals surface area contributed by atoms with Gasteiger partial charge in [0.25, 0.3) is 0 Å². The third-order valence-electron chi connectivity index (χ3n) is 5.11. The number of aliphatic carboxylic acids is 1. The molecule has 5 nitrogen and oxygen atoms in total. The summed E-state index contributed by atoms with van der Waals surface area (Å²) in [6, 6.07) is 0. The zero-order valence-electron chi connectivity index (χ0n) is 22.8. The maximum atomic E-state index is 9.47. The van der Waals surface area contributed by atoms with Gasteiger partial charge in [-0.05, 0) is 31.1 Å². The SMILES string of the molecule is C=CC(=O)[O-].C=CC(N)=O.C=CC[N+](C)(C)CCCCCCCCCCCCCCCC.[Cl-].[Na+]. The first-order chi connectivity index (χ1) is 15.2. The summed E-state index contributed by atoms with van der Waals surface area (Å²) in [5.74, 6) is -1.71. The number of carbonyl (C=O) groups excluding carboxylic acids is 2. The minimum absolute atomic E-state index is 0. The van der Waals surface area contributed by atoms with Gasteiger partial charge in [-0.3, -0.25) is 4.79 Å². The van der Waals surface area contributed by atoms with Crippen LogP contribution in [0, 0.1) is 0 Å². The second kappa shape index (κ2) is 34.6. The van der Waals surface area contributed by atoms with E-state index in [9.17, 15) is 4.79 Å². The van der Waals surface area contributed by atoms with Gasteiger partial charge in [-0.2, -0.15) is 0 Å². The van der Waals surface area contributed by atoms with Crippen molar-refractivity contribution in [2.24, 2.45) is 5.73 Å². The third-order valence-corrected chi connectivity index (χ3v) is 5.11. The number of halogens is 1. The molecule has 7 heteroatoms. The molecule has 2 N–H and O–H groups in total. The summed E-state index contributed by atoms with van der Waals surface area (Å²) in [7, 11) is 4.62. The van der Waals surface area contributed by atoms with E-state index in [1.54, 1.807) is 0 Å². The van der Waals surface area contributed by atoms with E-state index in [4.69, 9.17) is 9.90 Å². The van der Waals surface area contributed by atoms with Crippen LogP contribution in [0.2, 0.25) is 0 Å². The molecule has 0 rings (SSSR count). The van der Waals surface area contributed by atoms with Gasteiger partial charge in [-0.15, -0.1) is 0 Å². The number of primary amides is 1. The molecule has 0 aromatic heterocycles. The maximum absolute atomic E-state index is 9.47. The topological polar surface area (TPSA) is 83.2 Å². The summed E-state index contributed by atoms with van der Waals surface area (Å²) in [6.45, 7) is 14.5. The van der Waals surface area contributed by atoms with E-state index in [1.807, 2.05) is 6.08 Å². The van der Waals surface area contributed by atoms with Crippen molar-refractivity contribution in [2.75, 3.05) is 27.2 Å². The molecule has 0 aliphatic carbocycles. The van der Waals surface area contributed by atoms with Crippen LogP contribution in [0.5, 0.6) is 0 Å². The number of quaternary nitrogens is 1. The van der Waals surface area contributed by atoms with Gasteiger partial charge in [0.05, 0.1) is 33.2 Å². The Labute approximate surface area is 239 Å². The molecule has 0 bridgehead atoms. The largest absolute Gasteiger partial charge is 1.00 e. The van der Waals surface area contributed by atoms with Crippen LogP contribution >= 0.6 is 0 Å². The Bertz CT molecular complexity index is 468. The first kappa shape index (κ1) is 43.5. The average molecular weight is 511 g/mol. The van der Waals surface area contributed by atoms with Crippen molar-refractivity contribution in [3.05, 3.63) is 38.0 Å². The number of carboxylic acids is 1. The number of amides is 1. The molecule has 0 spiro atoms. The predicted octanol–water partition coefficient (Wildman–Crippen LogP) is -0.682. The monoisotopic (exact) mass is 510 g/mol. The second-order valence-corrected chi connectivity index (χ2v) is 8.86. The number of carboxylic acid groups (broad SMARTS) is 1. The molecule has 0 heterocycles. The number of nitrogens with two attached hydrogens (primary N) is 1. The van der Waals surface area contributed by atoms with Crippen LogP contribution in [-0.4, -0.2) is 43.5 Å². The number of unbranched alkanes of at least 4 members (excludes halogenated alkanes) is 13. The van der Waals surface area contributed by atoms with Crippen molar-refractivity contribution in [3.8, 4) is 0 Å². The molecule has 0 aromatic rings. The molecule has 0 saturated carbocycles. The fraction of sp³-hybridized carbons (Fsp3) is 0.704. The minimum Gasteiger partial charge on any atom is -1.00 e. The summed E-state index contributed by atoms with van der Waals surface area (Å²) in [5, 5.41) is 9.14. The van der Waals surface area contributed by atoms with Gasteiger partial charge in [0.15, 0.2) is 0 Å². The quantitative estimate of drug-likeness (QED) is 0.0821. The predicted molar refractivity (Wildman–Crippen MR) is 137 cm³/mol. The summed E-state index contributed by atoms with van der Waals surface area (Å²) in [5.41, 5.74) is 4.53. The van der Waals surface area contributed by atoms with Crippen LogP contribution < -0.4 is 52.8 Å². The molecule has 0 unspecified atom stereocenters. The Morgan fingerprint density at radius 3 is 1.29 bits per heavy atom. The molecule has 0 fully saturated rings. The molecule has 1 amide bonds. The van der Waals surface area contributed by atoms with Gasteiger partial charge >= 0.3 is 29.6 Å². The smallest absolute Gasteiger partial charge is 1.00 e. The van der Waals surface area contributed by atoms with Gasteiger partial charge in [0, 0.05) is 0 Å². The van der Waals surface area contributed by atoms with Crippen molar-refractivity contribution in [3.63, 3.8) is 0 Å². The van der Waals surface area contributed by atoms with Gasteiger partial charge in [-0.1, -0.05) is 104 Å². The van der Waals surface area contributed by atoms with E-state index < -0.39 is 11.9 Å². The van der Waals surface area contributed by atoms with E-state index in [1.165, 1.54) is 96.4 Å². The second-order valence-electron chi connectivity index (χ2n) is 8.86. The maximum Gasteiger partial charge on any atom is 1.00 e. The van der Waals surface area contributed by atoms with Gasteiger partial charge in [0.2, 0.25) is 5.91 Å². The van der Waals surface area contributed by atoms with Crippen molar-refractivity contribution in [1.82, 2.24) is 0 Å². The van der Waals surface area contributed by atoms with Crippen LogP contribution in [0.15, 0.2) is 38.0 Å². The average Bonchev–Trinajstić information content (AvgIpc) is 2.74. The molecule has 196 valence electrons. The van der Waals surface area contributed by atoms with Gasteiger partial charge in [-0.25, -0.2) is 0 Å². The van der Waals surface area contributed by atoms with E-state index in [2.05, 4.69) is 46.5 Å². The zero-order valence-corrected chi connectivity index (χ0v) is 25.6. The number of hydrogen-bond donors (Lipinski definition) is 1. The van der Waals surface area contributed by atoms with E-state index in [0.29, 0.717) is 0 Å². The summed E-state index contributed by atoms with van der Waals surface area (Å²) >= 11 is 0. The van der Waals surface area contributed by atoms with Gasteiger partial charge in [0.1, 0.15) is 0 Å². The normalized spacial score (nSPS) is 9.50. The molecule has 0 atom stereocenters. The van der Waals surface area contributed by atoms with E-state index >= 15 is 0 Å². The number of carbonyl (C=O) groups is 2. The number of nitrogens with zero attached hydrogens (tertiary/aromatic N) is 1. The minimum atomic E-state index is -1.23. The number of hydrogen-bond acceptors (Lipinski definition) is 3. The van der Waals surface area contributed by atoms with Crippen LogP contribution in [-0.2, 0) is 9.59 Å².